The molecule has 0 amide bonds. The van der Waals surface area contributed by atoms with Gasteiger partial charge >= 0.3 is 0 Å². The van der Waals surface area contributed by atoms with Gasteiger partial charge in [-0.25, -0.2) is 0 Å². The van der Waals surface area contributed by atoms with Crippen molar-refractivity contribution in [2.75, 3.05) is 6.54 Å². The zero-order valence-electron chi connectivity index (χ0n) is 18.7. The summed E-state index contributed by atoms with van der Waals surface area (Å²) in [6, 6.07) is 22.8. The Morgan fingerprint density at radius 1 is 1.03 bits per heavy atom. The van der Waals surface area contributed by atoms with E-state index < -0.39 is 5.25 Å². The molecule has 34 heavy (non-hydrogen) atoms. The highest BCUT2D eigenvalue weighted by molar-refractivity contribution is 7.99. The van der Waals surface area contributed by atoms with Crippen LogP contribution in [0.1, 0.15) is 27.8 Å². The van der Waals surface area contributed by atoms with E-state index in [2.05, 4.69) is 10.2 Å². The number of rotatable bonds is 9. The van der Waals surface area contributed by atoms with Gasteiger partial charge in [0.05, 0.1) is 0 Å². The minimum Gasteiger partial charge on any atom is -0.489 e. The third kappa shape index (κ3) is 5.76. The van der Waals surface area contributed by atoms with Crippen LogP contribution in [0, 0.1) is 24.0 Å². The molecule has 0 saturated carbocycles. The van der Waals surface area contributed by atoms with E-state index in [-0.39, 0.29) is 11.5 Å². The molecule has 4 aromatic rings. The number of aromatic nitrogens is 3. The van der Waals surface area contributed by atoms with Crippen LogP contribution in [0.3, 0.4) is 0 Å². The van der Waals surface area contributed by atoms with Crippen LogP contribution < -0.4 is 4.74 Å². The number of hydrogen-bond donors (Lipinski definition) is 0. The van der Waals surface area contributed by atoms with Crippen molar-refractivity contribution in [2.45, 2.75) is 30.9 Å². The molecule has 0 radical (unpaired) electrons. The van der Waals surface area contributed by atoms with Crippen LogP contribution in [0.15, 0.2) is 78.0 Å². The fourth-order valence-electron chi connectivity index (χ4n) is 3.44. The first kappa shape index (κ1) is 23.8. The van der Waals surface area contributed by atoms with Crippen molar-refractivity contribution >= 4 is 23.4 Å². The Morgan fingerprint density at radius 2 is 1.74 bits per heavy atom. The van der Waals surface area contributed by atoms with Crippen molar-refractivity contribution in [1.82, 2.24) is 14.8 Å². The second-order valence-electron chi connectivity index (χ2n) is 7.77. The summed E-state index contributed by atoms with van der Waals surface area (Å²) in [6.07, 6.45) is 0. The van der Waals surface area contributed by atoms with Crippen molar-refractivity contribution in [3.8, 4) is 11.4 Å². The normalized spacial score (nSPS) is 11.9. The molecule has 3 aromatic carbocycles. The molecule has 0 aliphatic rings. The molecule has 0 fully saturated rings. The maximum Gasteiger partial charge on any atom is 0.220 e. The van der Waals surface area contributed by atoms with E-state index in [9.17, 15) is 10.1 Å². The van der Waals surface area contributed by atoms with Crippen LogP contribution in [-0.4, -0.2) is 26.2 Å². The second kappa shape index (κ2) is 10.7. The maximum absolute atomic E-state index is 11.4. The summed E-state index contributed by atoms with van der Waals surface area (Å²) >= 11 is 7.51. The molecule has 0 N–H and O–H groups in total. The van der Waals surface area contributed by atoms with Gasteiger partial charge in [-0.3, -0.25) is 14.7 Å². The Labute approximate surface area is 206 Å². The van der Waals surface area contributed by atoms with Crippen LogP contribution in [0.4, 0.5) is 0 Å². The molecule has 1 aromatic heterocycles. The molecule has 0 bridgehead atoms. The standard InChI is InChI=1S/C25H23ClN4O3S/c1-17-7-11-21(12-8-17)30-18(2)27-28-25(30)34-24(15-29(31)32)19-9-13-22(14-10-19)33-16-20-5-3-4-6-23(20)26/h3-14,24H,15-16H2,1-2H3/t24-/m0/s1. The number of ether oxygens (including phenoxy) is 1. The van der Waals surface area contributed by atoms with E-state index in [1.54, 1.807) is 0 Å². The van der Waals surface area contributed by atoms with Gasteiger partial charge < -0.3 is 4.74 Å². The van der Waals surface area contributed by atoms with E-state index in [1.165, 1.54) is 11.8 Å². The fourth-order valence-corrected chi connectivity index (χ4v) is 4.80. The molecule has 0 aliphatic heterocycles. The van der Waals surface area contributed by atoms with Gasteiger partial charge in [-0.2, -0.15) is 0 Å². The SMILES string of the molecule is Cc1ccc(-n2c(C)nnc2S[C@@H](C[N+](=O)[O-])c2ccc(OCc3ccccc3Cl)cc2)cc1. The van der Waals surface area contributed by atoms with Crippen molar-refractivity contribution in [2.24, 2.45) is 0 Å². The van der Waals surface area contributed by atoms with Gasteiger partial charge in [0.15, 0.2) is 5.16 Å². The van der Waals surface area contributed by atoms with Crippen LogP contribution in [0.2, 0.25) is 5.02 Å². The predicted octanol–water partition coefficient (Wildman–Crippen LogP) is 6.23. The van der Waals surface area contributed by atoms with Crippen LogP contribution in [0.5, 0.6) is 5.75 Å². The number of nitrogens with zero attached hydrogens (tertiary/aromatic N) is 4. The van der Waals surface area contributed by atoms with E-state index in [4.69, 9.17) is 16.3 Å². The quantitative estimate of drug-likeness (QED) is 0.156. The molecular formula is C25H23ClN4O3S. The summed E-state index contributed by atoms with van der Waals surface area (Å²) in [5.74, 6) is 1.38. The van der Waals surface area contributed by atoms with E-state index in [0.717, 1.165) is 28.2 Å². The summed E-state index contributed by atoms with van der Waals surface area (Å²) in [6.45, 7) is 3.98. The maximum atomic E-state index is 11.4. The molecule has 9 heteroatoms. The lowest BCUT2D eigenvalue weighted by molar-refractivity contribution is -0.479. The second-order valence-corrected chi connectivity index (χ2v) is 9.35. The predicted molar refractivity (Wildman–Crippen MR) is 134 cm³/mol. The Kier molecular flexibility index (Phi) is 7.49. The van der Waals surface area contributed by atoms with E-state index >= 15 is 0 Å². The summed E-state index contributed by atoms with van der Waals surface area (Å²) < 4.78 is 7.76. The van der Waals surface area contributed by atoms with Crippen molar-refractivity contribution in [3.05, 3.63) is 110 Å². The molecule has 1 heterocycles. The molecule has 1 atom stereocenters. The molecule has 0 aliphatic carbocycles. The summed E-state index contributed by atoms with van der Waals surface area (Å²) in [4.78, 5) is 11.1. The summed E-state index contributed by atoms with van der Waals surface area (Å²) in [7, 11) is 0. The first-order valence-electron chi connectivity index (χ1n) is 10.6. The zero-order valence-corrected chi connectivity index (χ0v) is 20.3. The molecule has 7 nitrogen and oxygen atoms in total. The average Bonchev–Trinajstić information content (AvgIpc) is 3.18. The number of halogens is 1. The lowest BCUT2D eigenvalue weighted by Crippen LogP contribution is -2.11. The third-order valence-electron chi connectivity index (χ3n) is 5.25. The monoisotopic (exact) mass is 494 g/mol. The Morgan fingerprint density at radius 3 is 2.41 bits per heavy atom. The highest BCUT2D eigenvalue weighted by Gasteiger charge is 2.24. The van der Waals surface area contributed by atoms with Gasteiger partial charge in [-0.1, -0.05) is 71.4 Å². The number of hydrogen-bond acceptors (Lipinski definition) is 6. The summed E-state index contributed by atoms with van der Waals surface area (Å²) in [5.41, 5.74) is 3.76. The van der Waals surface area contributed by atoms with Crippen molar-refractivity contribution in [3.63, 3.8) is 0 Å². The van der Waals surface area contributed by atoms with Gasteiger partial charge in [0.1, 0.15) is 23.4 Å². The minimum atomic E-state index is -0.444. The van der Waals surface area contributed by atoms with Gasteiger partial charge in [0.2, 0.25) is 6.54 Å². The highest BCUT2D eigenvalue weighted by atomic mass is 35.5. The lowest BCUT2D eigenvalue weighted by Gasteiger charge is -2.15. The Hall–Kier alpha value is -3.36. The number of benzene rings is 3. The first-order chi connectivity index (χ1) is 16.4. The van der Waals surface area contributed by atoms with E-state index in [1.807, 2.05) is 91.2 Å². The molecule has 0 saturated heterocycles. The molecule has 174 valence electrons. The molecule has 0 spiro atoms. The fraction of sp³-hybridized carbons (Fsp3) is 0.200. The van der Waals surface area contributed by atoms with E-state index in [0.29, 0.717) is 22.5 Å². The smallest absolute Gasteiger partial charge is 0.220 e. The molecular weight excluding hydrogens is 472 g/mol. The zero-order chi connectivity index (χ0) is 24.1. The molecule has 4 rings (SSSR count). The molecule has 0 unspecified atom stereocenters. The average molecular weight is 495 g/mol. The van der Waals surface area contributed by atoms with Crippen LogP contribution >= 0.6 is 23.4 Å². The topological polar surface area (TPSA) is 83.1 Å². The van der Waals surface area contributed by atoms with Crippen LogP contribution in [0.25, 0.3) is 5.69 Å². The number of nitro groups is 1. The Bertz CT molecular complexity index is 1280. The lowest BCUT2D eigenvalue weighted by atomic mass is 10.1. The van der Waals surface area contributed by atoms with Gasteiger partial charge in [0, 0.05) is 21.2 Å². The van der Waals surface area contributed by atoms with Crippen LogP contribution in [-0.2, 0) is 6.61 Å². The van der Waals surface area contributed by atoms with Gasteiger partial charge in [-0.15, -0.1) is 10.2 Å². The number of aryl methyl sites for hydroxylation is 2. The third-order valence-corrected chi connectivity index (χ3v) is 6.80. The highest BCUT2D eigenvalue weighted by Crippen LogP contribution is 2.36. The van der Waals surface area contributed by atoms with Gasteiger partial charge in [-0.05, 0) is 49.7 Å². The Balaban J connectivity index is 1.53. The van der Waals surface area contributed by atoms with Crippen molar-refractivity contribution < 1.29 is 9.66 Å². The van der Waals surface area contributed by atoms with Gasteiger partial charge in [0.25, 0.3) is 0 Å². The minimum absolute atomic E-state index is 0.246. The van der Waals surface area contributed by atoms with Crippen molar-refractivity contribution in [1.29, 1.82) is 0 Å². The largest absolute Gasteiger partial charge is 0.489 e. The first-order valence-corrected chi connectivity index (χ1v) is 11.9. The number of thioether (sulfide) groups is 1. The summed E-state index contributed by atoms with van der Waals surface area (Å²) in [5, 5.41) is 20.7.